The minimum Gasteiger partial charge on any atom is -0.353 e. The molecule has 4 N–H and O–H groups in total. The molecule has 1 aromatic carbocycles. The Labute approximate surface area is 113 Å². The van der Waals surface area contributed by atoms with Crippen LogP contribution in [-0.4, -0.2) is 33.5 Å². The fourth-order valence-electron chi connectivity index (χ4n) is 1.33. The van der Waals surface area contributed by atoms with E-state index in [1.807, 2.05) is 6.92 Å². The molecule has 0 aliphatic rings. The van der Waals surface area contributed by atoms with Gasteiger partial charge in [-0.15, -0.1) is 0 Å². The standard InChI is InChI=1S/C12H19N3O3S/c1-9-3-5-11(6-4-9)19(17,18)15-8-7-14-12(16)10(2)13/h3-6,10,15H,7-8,13H2,1-2H3,(H,14,16). The zero-order valence-electron chi connectivity index (χ0n) is 11.0. The predicted molar refractivity (Wildman–Crippen MR) is 73.0 cm³/mol. The largest absolute Gasteiger partial charge is 0.353 e. The molecule has 1 rings (SSSR count). The Hall–Kier alpha value is -1.44. The van der Waals surface area contributed by atoms with E-state index in [2.05, 4.69) is 10.0 Å². The number of hydrogen-bond donors (Lipinski definition) is 3. The van der Waals surface area contributed by atoms with Crippen molar-refractivity contribution in [2.24, 2.45) is 5.73 Å². The van der Waals surface area contributed by atoms with Gasteiger partial charge in [-0.05, 0) is 26.0 Å². The van der Waals surface area contributed by atoms with Crippen molar-refractivity contribution in [1.82, 2.24) is 10.0 Å². The third-order valence-corrected chi connectivity index (χ3v) is 3.94. The quantitative estimate of drug-likeness (QED) is 0.627. The maximum absolute atomic E-state index is 11.9. The molecule has 7 heteroatoms. The molecule has 0 aromatic heterocycles. The van der Waals surface area contributed by atoms with Crippen LogP contribution in [0.1, 0.15) is 12.5 Å². The first-order valence-electron chi connectivity index (χ1n) is 5.92. The van der Waals surface area contributed by atoms with Crippen LogP contribution in [0.15, 0.2) is 29.2 Å². The maximum Gasteiger partial charge on any atom is 0.240 e. The van der Waals surface area contributed by atoms with Crippen LogP contribution in [0.5, 0.6) is 0 Å². The molecular weight excluding hydrogens is 266 g/mol. The molecule has 106 valence electrons. The highest BCUT2D eigenvalue weighted by Gasteiger charge is 2.13. The molecule has 0 radical (unpaired) electrons. The van der Waals surface area contributed by atoms with E-state index < -0.39 is 16.1 Å². The molecule has 0 fully saturated rings. The summed E-state index contributed by atoms with van der Waals surface area (Å²) >= 11 is 0. The van der Waals surface area contributed by atoms with Gasteiger partial charge in [0.1, 0.15) is 0 Å². The molecule has 0 spiro atoms. The molecule has 1 atom stereocenters. The van der Waals surface area contributed by atoms with Crippen LogP contribution in [0.2, 0.25) is 0 Å². The smallest absolute Gasteiger partial charge is 0.240 e. The van der Waals surface area contributed by atoms with E-state index in [1.165, 1.54) is 12.1 Å². The van der Waals surface area contributed by atoms with Crippen LogP contribution in [-0.2, 0) is 14.8 Å². The molecule has 0 aliphatic heterocycles. The van der Waals surface area contributed by atoms with Crippen molar-refractivity contribution in [2.45, 2.75) is 24.8 Å². The number of carbonyl (C=O) groups excluding carboxylic acids is 1. The summed E-state index contributed by atoms with van der Waals surface area (Å²) in [6.07, 6.45) is 0. The lowest BCUT2D eigenvalue weighted by Gasteiger charge is -2.09. The van der Waals surface area contributed by atoms with Gasteiger partial charge in [0.05, 0.1) is 10.9 Å². The summed E-state index contributed by atoms with van der Waals surface area (Å²) < 4.78 is 26.2. The predicted octanol–water partition coefficient (Wildman–Crippen LogP) is -0.263. The molecule has 1 aromatic rings. The summed E-state index contributed by atoms with van der Waals surface area (Å²) in [6.45, 7) is 3.76. The van der Waals surface area contributed by atoms with Crippen LogP contribution < -0.4 is 15.8 Å². The Bertz CT molecular complexity index is 524. The molecule has 19 heavy (non-hydrogen) atoms. The zero-order chi connectivity index (χ0) is 14.5. The van der Waals surface area contributed by atoms with Gasteiger partial charge in [0.2, 0.25) is 15.9 Å². The number of nitrogens with one attached hydrogen (secondary N) is 2. The first kappa shape index (κ1) is 15.6. The lowest BCUT2D eigenvalue weighted by molar-refractivity contribution is -0.121. The van der Waals surface area contributed by atoms with E-state index in [-0.39, 0.29) is 23.9 Å². The number of hydrogen-bond acceptors (Lipinski definition) is 4. The van der Waals surface area contributed by atoms with Crippen molar-refractivity contribution in [3.05, 3.63) is 29.8 Å². The van der Waals surface area contributed by atoms with Crippen molar-refractivity contribution in [2.75, 3.05) is 13.1 Å². The van der Waals surface area contributed by atoms with Gasteiger partial charge in [0, 0.05) is 13.1 Å². The summed E-state index contributed by atoms with van der Waals surface area (Å²) in [7, 11) is -3.53. The molecular formula is C12H19N3O3S. The number of benzene rings is 1. The fraction of sp³-hybridized carbons (Fsp3) is 0.417. The lowest BCUT2D eigenvalue weighted by Crippen LogP contribution is -2.41. The number of amides is 1. The van der Waals surface area contributed by atoms with Crippen LogP contribution >= 0.6 is 0 Å². The Balaban J connectivity index is 2.48. The molecule has 0 heterocycles. The normalized spacial score (nSPS) is 13.0. The highest BCUT2D eigenvalue weighted by molar-refractivity contribution is 7.89. The minimum atomic E-state index is -3.53. The van der Waals surface area contributed by atoms with Gasteiger partial charge >= 0.3 is 0 Å². The van der Waals surface area contributed by atoms with Gasteiger partial charge in [0.25, 0.3) is 0 Å². The van der Waals surface area contributed by atoms with Gasteiger partial charge in [-0.3, -0.25) is 4.79 Å². The van der Waals surface area contributed by atoms with Gasteiger partial charge in [0.15, 0.2) is 0 Å². The van der Waals surface area contributed by atoms with Crippen LogP contribution in [0.25, 0.3) is 0 Å². The van der Waals surface area contributed by atoms with Crippen molar-refractivity contribution < 1.29 is 13.2 Å². The maximum atomic E-state index is 11.9. The molecule has 1 unspecified atom stereocenters. The summed E-state index contributed by atoms with van der Waals surface area (Å²) in [5.41, 5.74) is 6.35. The van der Waals surface area contributed by atoms with Gasteiger partial charge < -0.3 is 11.1 Å². The second-order valence-corrected chi connectivity index (χ2v) is 6.06. The number of rotatable bonds is 6. The molecule has 6 nitrogen and oxygen atoms in total. The highest BCUT2D eigenvalue weighted by Crippen LogP contribution is 2.09. The van der Waals surface area contributed by atoms with Crippen LogP contribution in [0.4, 0.5) is 0 Å². The van der Waals surface area contributed by atoms with E-state index in [4.69, 9.17) is 5.73 Å². The Morgan fingerprint density at radius 3 is 2.37 bits per heavy atom. The van der Waals surface area contributed by atoms with Crippen molar-refractivity contribution >= 4 is 15.9 Å². The number of nitrogens with two attached hydrogens (primary N) is 1. The summed E-state index contributed by atoms with van der Waals surface area (Å²) in [5.74, 6) is -0.311. The van der Waals surface area contributed by atoms with Crippen LogP contribution in [0, 0.1) is 6.92 Å². The Kier molecular flexibility index (Phi) is 5.46. The van der Waals surface area contributed by atoms with Crippen molar-refractivity contribution in [3.63, 3.8) is 0 Å². The minimum absolute atomic E-state index is 0.120. The number of carbonyl (C=O) groups is 1. The van der Waals surface area contributed by atoms with E-state index >= 15 is 0 Å². The third kappa shape index (κ3) is 4.98. The summed E-state index contributed by atoms with van der Waals surface area (Å²) in [6, 6.07) is 5.93. The molecule has 0 bridgehead atoms. The van der Waals surface area contributed by atoms with Gasteiger partial charge in [-0.25, -0.2) is 13.1 Å². The number of sulfonamides is 1. The average Bonchev–Trinajstić information content (AvgIpc) is 2.34. The lowest BCUT2D eigenvalue weighted by atomic mass is 10.2. The Morgan fingerprint density at radius 1 is 1.26 bits per heavy atom. The summed E-state index contributed by atoms with van der Waals surface area (Å²) in [4.78, 5) is 11.4. The molecule has 0 saturated heterocycles. The van der Waals surface area contributed by atoms with E-state index in [9.17, 15) is 13.2 Å². The zero-order valence-corrected chi connectivity index (χ0v) is 11.8. The number of aryl methyl sites for hydroxylation is 1. The second-order valence-electron chi connectivity index (χ2n) is 4.29. The second kappa shape index (κ2) is 6.65. The van der Waals surface area contributed by atoms with E-state index in [1.54, 1.807) is 19.1 Å². The molecule has 1 amide bonds. The van der Waals surface area contributed by atoms with Gasteiger partial charge in [-0.1, -0.05) is 17.7 Å². The Morgan fingerprint density at radius 2 is 1.84 bits per heavy atom. The van der Waals surface area contributed by atoms with Crippen LogP contribution in [0.3, 0.4) is 0 Å². The first-order valence-corrected chi connectivity index (χ1v) is 7.41. The highest BCUT2D eigenvalue weighted by atomic mass is 32.2. The fourth-order valence-corrected chi connectivity index (χ4v) is 2.36. The molecule has 0 aliphatic carbocycles. The molecule has 0 saturated carbocycles. The SMILES string of the molecule is Cc1ccc(S(=O)(=O)NCCNC(=O)C(C)N)cc1. The first-order chi connectivity index (χ1) is 8.83. The summed E-state index contributed by atoms with van der Waals surface area (Å²) in [5, 5.41) is 2.52. The van der Waals surface area contributed by atoms with E-state index in [0.717, 1.165) is 5.56 Å². The topological polar surface area (TPSA) is 101 Å². The van der Waals surface area contributed by atoms with Crippen molar-refractivity contribution in [1.29, 1.82) is 0 Å². The third-order valence-electron chi connectivity index (χ3n) is 2.46. The average molecular weight is 285 g/mol. The van der Waals surface area contributed by atoms with E-state index in [0.29, 0.717) is 0 Å². The monoisotopic (exact) mass is 285 g/mol. The van der Waals surface area contributed by atoms with Crippen molar-refractivity contribution in [3.8, 4) is 0 Å². The van der Waals surface area contributed by atoms with Gasteiger partial charge in [-0.2, -0.15) is 0 Å².